The molecule has 4 rings (SSSR count). The predicted molar refractivity (Wildman–Crippen MR) is 131 cm³/mol. The summed E-state index contributed by atoms with van der Waals surface area (Å²) in [5.41, 5.74) is 3.66. The van der Waals surface area contributed by atoms with Crippen molar-refractivity contribution in [1.29, 1.82) is 0 Å². The number of piperidine rings is 1. The van der Waals surface area contributed by atoms with E-state index >= 15 is 0 Å². The van der Waals surface area contributed by atoms with Gasteiger partial charge >= 0.3 is 0 Å². The van der Waals surface area contributed by atoms with Crippen molar-refractivity contribution in [2.24, 2.45) is 5.92 Å². The average Bonchev–Trinajstić information content (AvgIpc) is 3.35. The maximum Gasteiger partial charge on any atom is 0.256 e. The Labute approximate surface area is 195 Å². The molecule has 0 spiro atoms. The van der Waals surface area contributed by atoms with Crippen molar-refractivity contribution in [2.45, 2.75) is 44.4 Å². The number of amides is 2. The molecule has 2 aromatic rings. The zero-order chi connectivity index (χ0) is 22.5. The van der Waals surface area contributed by atoms with Gasteiger partial charge in [-0.25, -0.2) is 0 Å². The van der Waals surface area contributed by atoms with E-state index in [2.05, 4.69) is 40.5 Å². The van der Waals surface area contributed by atoms with Crippen LogP contribution < -0.4 is 10.2 Å². The van der Waals surface area contributed by atoms with Crippen molar-refractivity contribution in [3.05, 3.63) is 59.7 Å². The van der Waals surface area contributed by atoms with Crippen LogP contribution in [0.25, 0.3) is 0 Å². The van der Waals surface area contributed by atoms with Crippen LogP contribution in [0.1, 0.15) is 48.5 Å². The van der Waals surface area contributed by atoms with Crippen molar-refractivity contribution < 1.29 is 9.59 Å². The monoisotopic (exact) mass is 453 g/mol. The molecule has 0 radical (unpaired) electrons. The number of nitrogens with one attached hydrogen (secondary N) is 1. The lowest BCUT2D eigenvalue weighted by atomic mass is 9.89. The van der Waals surface area contributed by atoms with E-state index in [0.29, 0.717) is 17.2 Å². The number of nitrogens with zero attached hydrogens (tertiary/aromatic N) is 2. The van der Waals surface area contributed by atoms with Crippen LogP contribution in [0.3, 0.4) is 0 Å². The molecule has 1 N–H and O–H groups in total. The summed E-state index contributed by atoms with van der Waals surface area (Å²) in [4.78, 5) is 29.7. The van der Waals surface area contributed by atoms with Gasteiger partial charge in [0.25, 0.3) is 5.91 Å². The first-order valence-electron chi connectivity index (χ1n) is 11.7. The summed E-state index contributed by atoms with van der Waals surface area (Å²) < 4.78 is 0. The maximum atomic E-state index is 13.3. The van der Waals surface area contributed by atoms with Gasteiger partial charge < -0.3 is 15.1 Å². The van der Waals surface area contributed by atoms with Gasteiger partial charge in [0.15, 0.2) is 0 Å². The molecule has 2 aromatic carbocycles. The van der Waals surface area contributed by atoms with Crippen LogP contribution in [-0.2, 0) is 11.2 Å². The van der Waals surface area contributed by atoms with Crippen LogP contribution in [0.2, 0.25) is 0 Å². The summed E-state index contributed by atoms with van der Waals surface area (Å²) in [5, 5.41) is 2.20. The topological polar surface area (TPSA) is 52.7 Å². The second-order valence-electron chi connectivity index (χ2n) is 8.96. The Morgan fingerprint density at radius 1 is 1.03 bits per heavy atom. The van der Waals surface area contributed by atoms with E-state index in [4.69, 9.17) is 11.6 Å². The first kappa shape index (κ1) is 22.7. The molecular formula is C26H32ClN3O2. The number of anilines is 2. The minimum Gasteiger partial charge on any atom is -0.371 e. The van der Waals surface area contributed by atoms with Crippen molar-refractivity contribution >= 4 is 34.8 Å². The van der Waals surface area contributed by atoms with E-state index in [0.717, 1.165) is 64.0 Å². The fourth-order valence-electron chi connectivity index (χ4n) is 4.72. The van der Waals surface area contributed by atoms with E-state index in [1.54, 1.807) is 6.92 Å². The Kier molecular flexibility index (Phi) is 7.36. The molecule has 2 aliphatic heterocycles. The summed E-state index contributed by atoms with van der Waals surface area (Å²) in [6.07, 6.45) is 5.41. The Morgan fingerprint density at radius 2 is 1.72 bits per heavy atom. The van der Waals surface area contributed by atoms with Gasteiger partial charge in [-0.05, 0) is 68.7 Å². The first-order chi connectivity index (χ1) is 15.5. The number of likely N-dealkylation sites (tertiary alicyclic amines) is 1. The van der Waals surface area contributed by atoms with Crippen LogP contribution in [0, 0.1) is 5.92 Å². The number of carbonyl (C=O) groups is 2. The standard InChI is InChI=1S/C26H32ClN3O2/c1-19(27)25(31)28-22-9-10-24(23(18-22)26(32)30-13-5-6-14-30)29-15-11-21(12-16-29)17-20-7-3-2-4-8-20/h2-4,7-10,18-19,21H,5-6,11-17H2,1H3,(H,28,31). The Morgan fingerprint density at radius 3 is 2.38 bits per heavy atom. The van der Waals surface area contributed by atoms with Crippen molar-refractivity contribution in [1.82, 2.24) is 4.90 Å². The Bertz CT molecular complexity index is 933. The molecule has 1 unspecified atom stereocenters. The van der Waals surface area contributed by atoms with E-state index in [-0.39, 0.29) is 11.8 Å². The molecule has 6 heteroatoms. The summed E-state index contributed by atoms with van der Waals surface area (Å²) in [7, 11) is 0. The number of hydrogen-bond acceptors (Lipinski definition) is 3. The van der Waals surface area contributed by atoms with Crippen molar-refractivity contribution in [3.8, 4) is 0 Å². The lowest BCUT2D eigenvalue weighted by Crippen LogP contribution is -2.36. The van der Waals surface area contributed by atoms with Gasteiger partial charge in [-0.2, -0.15) is 0 Å². The van der Waals surface area contributed by atoms with Gasteiger partial charge in [0.1, 0.15) is 5.38 Å². The van der Waals surface area contributed by atoms with Crippen molar-refractivity contribution in [2.75, 3.05) is 36.4 Å². The average molecular weight is 454 g/mol. The van der Waals surface area contributed by atoms with Crippen LogP contribution in [0.4, 0.5) is 11.4 Å². The Hall–Kier alpha value is -2.53. The molecule has 0 bridgehead atoms. The van der Waals surface area contributed by atoms with Gasteiger partial charge in [0.2, 0.25) is 5.91 Å². The Balaban J connectivity index is 1.50. The fraction of sp³-hybridized carbons (Fsp3) is 0.462. The smallest absolute Gasteiger partial charge is 0.256 e. The van der Waals surface area contributed by atoms with Gasteiger partial charge in [0.05, 0.1) is 5.56 Å². The van der Waals surface area contributed by atoms with E-state index < -0.39 is 5.38 Å². The second kappa shape index (κ2) is 10.4. The lowest BCUT2D eigenvalue weighted by molar-refractivity contribution is -0.115. The highest BCUT2D eigenvalue weighted by molar-refractivity contribution is 6.32. The molecular weight excluding hydrogens is 422 g/mol. The minimum atomic E-state index is -0.629. The molecule has 170 valence electrons. The molecule has 0 aromatic heterocycles. The molecule has 1 atom stereocenters. The molecule has 2 saturated heterocycles. The molecule has 0 aliphatic carbocycles. The second-order valence-corrected chi connectivity index (χ2v) is 9.61. The quantitative estimate of drug-likeness (QED) is 0.630. The number of rotatable bonds is 6. The SMILES string of the molecule is CC(Cl)C(=O)Nc1ccc(N2CCC(Cc3ccccc3)CC2)c(C(=O)N2CCCC2)c1. The van der Waals surface area contributed by atoms with E-state index in [1.165, 1.54) is 5.56 Å². The molecule has 2 amide bonds. The van der Waals surface area contributed by atoms with Gasteiger partial charge in [0, 0.05) is 37.6 Å². The molecule has 2 fully saturated rings. The third-order valence-corrected chi connectivity index (χ3v) is 6.77. The third-order valence-electron chi connectivity index (χ3n) is 6.57. The number of carbonyl (C=O) groups excluding carboxylic acids is 2. The molecule has 2 heterocycles. The summed E-state index contributed by atoms with van der Waals surface area (Å²) in [6, 6.07) is 16.4. The third kappa shape index (κ3) is 5.44. The highest BCUT2D eigenvalue weighted by Crippen LogP contribution is 2.31. The van der Waals surface area contributed by atoms with E-state index in [9.17, 15) is 9.59 Å². The van der Waals surface area contributed by atoms with Crippen LogP contribution in [0.15, 0.2) is 48.5 Å². The van der Waals surface area contributed by atoms with Gasteiger partial charge in [-0.15, -0.1) is 11.6 Å². The van der Waals surface area contributed by atoms with Crippen LogP contribution in [-0.4, -0.2) is 48.3 Å². The molecule has 0 saturated carbocycles. The van der Waals surface area contributed by atoms with Gasteiger partial charge in [-0.1, -0.05) is 30.3 Å². The highest BCUT2D eigenvalue weighted by Gasteiger charge is 2.27. The predicted octanol–water partition coefficient (Wildman–Crippen LogP) is 4.95. The lowest BCUT2D eigenvalue weighted by Gasteiger charge is -2.35. The zero-order valence-corrected chi connectivity index (χ0v) is 19.5. The fourth-order valence-corrected chi connectivity index (χ4v) is 4.77. The summed E-state index contributed by atoms with van der Waals surface area (Å²) >= 11 is 5.91. The van der Waals surface area contributed by atoms with Crippen LogP contribution in [0.5, 0.6) is 0 Å². The largest absolute Gasteiger partial charge is 0.371 e. The summed E-state index contributed by atoms with van der Waals surface area (Å²) in [6.45, 7) is 5.10. The number of benzene rings is 2. The molecule has 32 heavy (non-hydrogen) atoms. The first-order valence-corrected chi connectivity index (χ1v) is 12.1. The normalized spacial score (nSPS) is 17.9. The van der Waals surface area contributed by atoms with Crippen LogP contribution >= 0.6 is 11.6 Å². The zero-order valence-electron chi connectivity index (χ0n) is 18.7. The maximum absolute atomic E-state index is 13.3. The van der Waals surface area contributed by atoms with Crippen molar-refractivity contribution in [3.63, 3.8) is 0 Å². The van der Waals surface area contributed by atoms with Gasteiger partial charge in [-0.3, -0.25) is 9.59 Å². The summed E-state index contributed by atoms with van der Waals surface area (Å²) in [5.74, 6) is 0.454. The number of hydrogen-bond donors (Lipinski definition) is 1. The molecule has 5 nitrogen and oxygen atoms in total. The molecule has 2 aliphatic rings. The van der Waals surface area contributed by atoms with E-state index in [1.807, 2.05) is 23.1 Å². The number of alkyl halides is 1. The minimum absolute atomic E-state index is 0.0546. The number of halogens is 1. The highest BCUT2D eigenvalue weighted by atomic mass is 35.5.